The van der Waals surface area contributed by atoms with Crippen LogP contribution in [0.25, 0.3) is 16.9 Å². The average Bonchev–Trinajstić information content (AvgIpc) is 3.65. The lowest BCUT2D eigenvalue weighted by Gasteiger charge is -2.33. The summed E-state index contributed by atoms with van der Waals surface area (Å²) in [5.74, 6) is -1.44. The zero-order chi connectivity index (χ0) is 28.4. The van der Waals surface area contributed by atoms with E-state index in [1.54, 1.807) is 0 Å². The molecule has 4 aromatic rings. The molecular formula is C27H27F4N7O2. The normalized spacial score (nSPS) is 17.6. The van der Waals surface area contributed by atoms with Crippen molar-refractivity contribution in [3.8, 4) is 5.82 Å². The summed E-state index contributed by atoms with van der Waals surface area (Å²) in [7, 11) is 0. The van der Waals surface area contributed by atoms with E-state index in [4.69, 9.17) is 0 Å². The van der Waals surface area contributed by atoms with Crippen LogP contribution in [0.4, 0.5) is 29.2 Å². The van der Waals surface area contributed by atoms with Crippen LogP contribution in [0.5, 0.6) is 0 Å². The maximum atomic E-state index is 15.2. The lowest BCUT2D eigenvalue weighted by molar-refractivity contribution is -0.144. The third-order valence-corrected chi connectivity index (χ3v) is 7.71. The fourth-order valence-electron chi connectivity index (χ4n) is 5.35. The van der Waals surface area contributed by atoms with E-state index in [9.17, 15) is 23.1 Å². The number of nitrogens with one attached hydrogen (secondary N) is 2. The van der Waals surface area contributed by atoms with Crippen LogP contribution in [0.3, 0.4) is 0 Å². The van der Waals surface area contributed by atoms with Crippen molar-refractivity contribution in [1.29, 1.82) is 0 Å². The Hall–Kier alpha value is -3.84. The molecule has 0 bridgehead atoms. The molecule has 9 nitrogen and oxygen atoms in total. The first-order valence-electron chi connectivity index (χ1n) is 12.9. The minimum Gasteiger partial charge on any atom is -0.395 e. The summed E-state index contributed by atoms with van der Waals surface area (Å²) < 4.78 is 57.0. The highest BCUT2D eigenvalue weighted by molar-refractivity contribution is 5.77. The van der Waals surface area contributed by atoms with E-state index in [1.165, 1.54) is 11.6 Å². The van der Waals surface area contributed by atoms with Crippen LogP contribution in [0.15, 0.2) is 41.3 Å². The first kappa shape index (κ1) is 26.4. The van der Waals surface area contributed by atoms with Gasteiger partial charge >= 0.3 is 6.18 Å². The third-order valence-electron chi connectivity index (χ3n) is 7.71. The van der Waals surface area contributed by atoms with Crippen LogP contribution in [0.2, 0.25) is 0 Å². The molecule has 1 fully saturated rings. The van der Waals surface area contributed by atoms with E-state index in [-0.39, 0.29) is 29.0 Å². The van der Waals surface area contributed by atoms with Crippen LogP contribution in [-0.2, 0) is 23.9 Å². The van der Waals surface area contributed by atoms with Gasteiger partial charge in [-0.1, -0.05) is 19.9 Å². The summed E-state index contributed by atoms with van der Waals surface area (Å²) in [5, 5.41) is 16.0. The van der Waals surface area contributed by atoms with Crippen LogP contribution in [0, 0.1) is 5.82 Å². The molecule has 3 N–H and O–H groups in total. The van der Waals surface area contributed by atoms with Gasteiger partial charge in [-0.3, -0.25) is 4.79 Å². The fourth-order valence-corrected chi connectivity index (χ4v) is 5.35. The van der Waals surface area contributed by atoms with E-state index >= 15 is 4.39 Å². The molecule has 6 rings (SSSR count). The zero-order valence-electron chi connectivity index (χ0n) is 21.8. The summed E-state index contributed by atoms with van der Waals surface area (Å²) in [6, 6.07) is 8.27. The molecule has 1 aliphatic heterocycles. The number of aliphatic hydroxyl groups is 1. The first-order chi connectivity index (χ1) is 18.9. The van der Waals surface area contributed by atoms with Gasteiger partial charge in [0.05, 0.1) is 12.3 Å². The minimum atomic E-state index is -4.79. The molecule has 13 heteroatoms. The molecule has 0 atom stereocenters. The number of alkyl halides is 3. The smallest absolute Gasteiger partial charge is 0.395 e. The standard InChI is InChI=1S/C27H27F4N7O2/c1-25(2)12-32-10-15-9-16(3-4-18(15)25)34-24-33-11-17-21(36-24)38(37(23(17)40)13-27(29,30)31)22-19(28)5-6-20(35-22)26(14-39)7-8-26/h3-6,9,11,32,39H,7-8,10,12-14H2,1-2H3,(H,33,34,36). The molecule has 3 aromatic heterocycles. The molecular weight excluding hydrogens is 530 g/mol. The molecule has 0 spiro atoms. The lowest BCUT2D eigenvalue weighted by atomic mass is 9.79. The highest BCUT2D eigenvalue weighted by atomic mass is 19.4. The topological polar surface area (TPSA) is 110 Å². The first-order valence-corrected chi connectivity index (χ1v) is 12.9. The second-order valence-electron chi connectivity index (χ2n) is 11.1. The van der Waals surface area contributed by atoms with Crippen LogP contribution in [0.1, 0.15) is 43.5 Å². The number of hydrogen-bond donors (Lipinski definition) is 3. The molecule has 0 amide bonds. The van der Waals surface area contributed by atoms with E-state index in [1.807, 2.05) is 18.2 Å². The summed E-state index contributed by atoms with van der Waals surface area (Å²) in [4.78, 5) is 25.9. The maximum Gasteiger partial charge on any atom is 0.408 e. The van der Waals surface area contributed by atoms with Crippen molar-refractivity contribution in [3.05, 3.63) is 69.5 Å². The largest absolute Gasteiger partial charge is 0.408 e. The Morgan fingerprint density at radius 3 is 2.62 bits per heavy atom. The molecule has 1 aliphatic carbocycles. The van der Waals surface area contributed by atoms with Crippen molar-refractivity contribution in [2.45, 2.75) is 56.8 Å². The zero-order valence-corrected chi connectivity index (χ0v) is 21.8. The van der Waals surface area contributed by atoms with Gasteiger partial charge in [0.25, 0.3) is 5.56 Å². The van der Waals surface area contributed by atoms with Crippen molar-refractivity contribution >= 4 is 22.7 Å². The number of benzene rings is 1. The van der Waals surface area contributed by atoms with Crippen LogP contribution in [-0.4, -0.2) is 48.8 Å². The van der Waals surface area contributed by atoms with E-state index < -0.39 is 35.3 Å². The van der Waals surface area contributed by atoms with Crippen molar-refractivity contribution in [3.63, 3.8) is 0 Å². The Morgan fingerprint density at radius 2 is 1.93 bits per heavy atom. The summed E-state index contributed by atoms with van der Waals surface area (Å²) in [6.07, 6.45) is -2.45. The van der Waals surface area contributed by atoms with Gasteiger partial charge in [0, 0.05) is 35.8 Å². The number of aromatic nitrogens is 5. The summed E-state index contributed by atoms with van der Waals surface area (Å²) in [6.45, 7) is 3.86. The maximum absolute atomic E-state index is 15.2. The van der Waals surface area contributed by atoms with Gasteiger partial charge in [-0.15, -0.1) is 0 Å². The Balaban J connectivity index is 1.48. The summed E-state index contributed by atoms with van der Waals surface area (Å²) >= 11 is 0. The van der Waals surface area contributed by atoms with Gasteiger partial charge in [0.2, 0.25) is 5.95 Å². The van der Waals surface area contributed by atoms with Crippen LogP contribution < -0.4 is 16.2 Å². The van der Waals surface area contributed by atoms with Gasteiger partial charge in [-0.2, -0.15) is 18.2 Å². The van der Waals surface area contributed by atoms with Crippen molar-refractivity contribution < 1.29 is 22.7 Å². The number of fused-ring (bicyclic) bond motifs is 2. The molecule has 1 aromatic carbocycles. The lowest BCUT2D eigenvalue weighted by Crippen LogP contribution is -2.38. The number of anilines is 2. The van der Waals surface area contributed by atoms with Gasteiger partial charge in [-0.05, 0) is 48.2 Å². The number of pyridine rings is 1. The second-order valence-corrected chi connectivity index (χ2v) is 11.1. The monoisotopic (exact) mass is 557 g/mol. The van der Waals surface area contributed by atoms with E-state index in [0.29, 0.717) is 35.4 Å². The quantitative estimate of drug-likeness (QED) is 0.309. The predicted molar refractivity (Wildman–Crippen MR) is 139 cm³/mol. The molecule has 210 valence electrons. The molecule has 40 heavy (non-hydrogen) atoms. The Morgan fingerprint density at radius 1 is 1.15 bits per heavy atom. The van der Waals surface area contributed by atoms with Crippen molar-refractivity contribution in [2.75, 3.05) is 18.5 Å². The number of nitrogens with zero attached hydrogens (tertiary/aromatic N) is 5. The van der Waals surface area contributed by atoms with E-state index in [0.717, 1.165) is 29.1 Å². The Kier molecular flexibility index (Phi) is 6.00. The molecule has 0 saturated heterocycles. The number of hydrogen-bond acceptors (Lipinski definition) is 7. The fraction of sp³-hybridized carbons (Fsp3) is 0.407. The van der Waals surface area contributed by atoms with Crippen LogP contribution >= 0.6 is 0 Å². The van der Waals surface area contributed by atoms with Crippen molar-refractivity contribution in [2.24, 2.45) is 0 Å². The Bertz CT molecular complexity index is 1690. The average molecular weight is 558 g/mol. The van der Waals surface area contributed by atoms with Crippen molar-refractivity contribution in [1.82, 2.24) is 29.6 Å². The highest BCUT2D eigenvalue weighted by Gasteiger charge is 2.45. The minimum absolute atomic E-state index is 0.0129. The SMILES string of the molecule is CC1(C)CNCc2cc(Nc3ncc4c(=O)n(CC(F)(F)F)n(-c5nc(C6(CO)CC6)ccc5F)c4n3)ccc21. The molecule has 0 unspecified atom stereocenters. The van der Waals surface area contributed by atoms with Gasteiger partial charge in [0.1, 0.15) is 11.9 Å². The molecule has 4 heterocycles. The number of aliphatic hydroxyl groups excluding tert-OH is 1. The van der Waals surface area contributed by atoms with E-state index in [2.05, 4.69) is 39.4 Å². The third kappa shape index (κ3) is 4.52. The van der Waals surface area contributed by atoms with Gasteiger partial charge in [-0.25, -0.2) is 23.7 Å². The molecule has 0 radical (unpaired) electrons. The Labute approximate surface area is 225 Å². The molecule has 1 saturated carbocycles. The number of rotatable bonds is 6. The summed E-state index contributed by atoms with van der Waals surface area (Å²) in [5.41, 5.74) is 1.25. The highest BCUT2D eigenvalue weighted by Crippen LogP contribution is 2.47. The number of halogens is 4. The van der Waals surface area contributed by atoms with Gasteiger partial charge < -0.3 is 15.7 Å². The predicted octanol–water partition coefficient (Wildman–Crippen LogP) is 3.83. The van der Waals surface area contributed by atoms with Gasteiger partial charge in [0.15, 0.2) is 17.3 Å². The molecule has 2 aliphatic rings. The second kappa shape index (κ2) is 9.10.